The summed E-state index contributed by atoms with van der Waals surface area (Å²) in [5.41, 5.74) is 5.81. The van der Waals surface area contributed by atoms with E-state index in [9.17, 15) is 10.1 Å². The predicted molar refractivity (Wildman–Crippen MR) is 117 cm³/mol. The third-order valence-corrected chi connectivity index (χ3v) is 5.89. The Bertz CT molecular complexity index is 1130. The van der Waals surface area contributed by atoms with Crippen molar-refractivity contribution in [3.63, 3.8) is 0 Å². The van der Waals surface area contributed by atoms with Crippen molar-refractivity contribution < 1.29 is 4.79 Å². The number of carbonyl (C=O) groups excluding carboxylic acids is 1. The van der Waals surface area contributed by atoms with Gasteiger partial charge in [0.05, 0.1) is 5.54 Å². The fraction of sp³-hybridized carbons (Fsp3) is 0.154. The van der Waals surface area contributed by atoms with Crippen LogP contribution >= 0.6 is 0 Å². The van der Waals surface area contributed by atoms with E-state index in [1.54, 1.807) is 12.2 Å². The van der Waals surface area contributed by atoms with Crippen molar-refractivity contribution >= 4 is 17.1 Å². The van der Waals surface area contributed by atoms with Crippen LogP contribution in [0.3, 0.4) is 0 Å². The molecule has 0 radical (unpaired) electrons. The summed E-state index contributed by atoms with van der Waals surface area (Å²) < 4.78 is 0. The molecule has 1 aliphatic heterocycles. The maximum absolute atomic E-state index is 12.9. The topological polar surface area (TPSA) is 52.9 Å². The third kappa shape index (κ3) is 3.13. The number of rotatable bonds is 4. The Kier molecular flexibility index (Phi) is 4.78. The number of benzene rings is 2. The highest BCUT2D eigenvalue weighted by Crippen LogP contribution is 2.46. The van der Waals surface area contributed by atoms with Gasteiger partial charge in [-0.1, -0.05) is 73.9 Å². The van der Waals surface area contributed by atoms with Crippen molar-refractivity contribution in [3.8, 4) is 6.07 Å². The minimum absolute atomic E-state index is 0.199. The average molecular weight is 378 g/mol. The minimum Gasteiger partial charge on any atom is -0.342 e. The van der Waals surface area contributed by atoms with Gasteiger partial charge < -0.3 is 5.32 Å². The van der Waals surface area contributed by atoms with Gasteiger partial charge in [-0.15, -0.1) is 0 Å². The van der Waals surface area contributed by atoms with Crippen LogP contribution in [-0.2, 0) is 16.8 Å². The molecule has 1 spiro atoms. The Morgan fingerprint density at radius 2 is 2.00 bits per heavy atom. The van der Waals surface area contributed by atoms with E-state index in [1.165, 1.54) is 5.56 Å². The van der Waals surface area contributed by atoms with Gasteiger partial charge in [0.1, 0.15) is 11.6 Å². The molecule has 2 aliphatic rings. The number of hydrogen-bond donors (Lipinski definition) is 1. The summed E-state index contributed by atoms with van der Waals surface area (Å²) >= 11 is 0. The highest BCUT2D eigenvalue weighted by Gasteiger charge is 2.44. The van der Waals surface area contributed by atoms with Gasteiger partial charge in [0.15, 0.2) is 0 Å². The van der Waals surface area contributed by atoms with Crippen LogP contribution in [0.5, 0.6) is 0 Å². The van der Waals surface area contributed by atoms with Gasteiger partial charge in [-0.25, -0.2) is 0 Å². The molecular formula is C26H22N2O. The van der Waals surface area contributed by atoms with Crippen LogP contribution in [0.4, 0.5) is 0 Å². The second kappa shape index (κ2) is 7.41. The molecule has 3 nitrogen and oxygen atoms in total. The maximum atomic E-state index is 12.9. The Hall–Kier alpha value is -3.64. The lowest BCUT2D eigenvalue weighted by atomic mass is 9.78. The zero-order chi connectivity index (χ0) is 20.4. The molecule has 0 fully saturated rings. The van der Waals surface area contributed by atoms with Gasteiger partial charge in [0.25, 0.3) is 5.91 Å². The molecular weight excluding hydrogens is 356 g/mol. The highest BCUT2D eigenvalue weighted by molar-refractivity contribution is 6.07. The molecule has 1 amide bonds. The van der Waals surface area contributed by atoms with Crippen LogP contribution in [0.25, 0.3) is 11.1 Å². The van der Waals surface area contributed by atoms with E-state index in [0.29, 0.717) is 6.42 Å². The molecule has 2 aromatic carbocycles. The van der Waals surface area contributed by atoms with Gasteiger partial charge >= 0.3 is 0 Å². The number of nitrogens with one attached hydrogen (secondary N) is 1. The summed E-state index contributed by atoms with van der Waals surface area (Å²) in [6.45, 7) is 7.64. The number of nitriles is 1. The molecule has 2 aromatic rings. The lowest BCUT2D eigenvalue weighted by molar-refractivity contribution is -0.119. The van der Waals surface area contributed by atoms with E-state index in [2.05, 4.69) is 36.7 Å². The molecule has 4 rings (SSSR count). The van der Waals surface area contributed by atoms with Crippen molar-refractivity contribution in [2.45, 2.75) is 24.8 Å². The summed E-state index contributed by atoms with van der Waals surface area (Å²) in [6.07, 6.45) is 7.78. The van der Waals surface area contributed by atoms with Crippen molar-refractivity contribution in [1.82, 2.24) is 5.32 Å². The van der Waals surface area contributed by atoms with Gasteiger partial charge in [0.2, 0.25) is 0 Å². The second-order valence-corrected chi connectivity index (χ2v) is 7.48. The molecule has 0 saturated heterocycles. The van der Waals surface area contributed by atoms with Gasteiger partial charge in [-0.05, 0) is 52.3 Å². The lowest BCUT2D eigenvalue weighted by Crippen LogP contribution is -2.48. The van der Waals surface area contributed by atoms with E-state index in [1.807, 2.05) is 42.5 Å². The molecule has 1 aliphatic carbocycles. The van der Waals surface area contributed by atoms with Crippen LogP contribution in [-0.4, -0.2) is 5.91 Å². The molecule has 1 heterocycles. The number of fused-ring (bicyclic) bond motifs is 2. The Labute approximate surface area is 171 Å². The number of amides is 1. The zero-order valence-electron chi connectivity index (χ0n) is 16.2. The summed E-state index contributed by atoms with van der Waals surface area (Å²) in [6, 6.07) is 18.3. The van der Waals surface area contributed by atoms with Gasteiger partial charge in [-0.2, -0.15) is 5.26 Å². The number of nitrogens with zero attached hydrogens (tertiary/aromatic N) is 1. The largest absolute Gasteiger partial charge is 0.342 e. The monoisotopic (exact) mass is 378 g/mol. The standard InChI is InChI=1S/C26H22N2O/c1-3-8-18(4-2)20-10-7-11-21(15-20)22-16-26(28-25(29)23(22)17-27)14-13-19-9-5-6-12-24(19)26/h3-12,15H,1-2,13-14,16H2,(H,28,29)/b18-8+. The molecule has 0 bridgehead atoms. The van der Waals surface area contributed by atoms with Gasteiger partial charge in [0, 0.05) is 6.42 Å². The fourth-order valence-corrected chi connectivity index (χ4v) is 4.51. The first-order valence-corrected chi connectivity index (χ1v) is 9.72. The Balaban J connectivity index is 1.84. The van der Waals surface area contributed by atoms with E-state index >= 15 is 0 Å². The van der Waals surface area contributed by atoms with Crippen LogP contribution in [0, 0.1) is 11.3 Å². The smallest absolute Gasteiger partial charge is 0.262 e. The van der Waals surface area contributed by atoms with Crippen LogP contribution in [0.15, 0.2) is 85.5 Å². The molecule has 1 N–H and O–H groups in total. The summed E-state index contributed by atoms with van der Waals surface area (Å²) in [5, 5.41) is 12.9. The van der Waals surface area contributed by atoms with Crippen molar-refractivity contribution in [2.24, 2.45) is 0 Å². The Morgan fingerprint density at radius 1 is 1.17 bits per heavy atom. The summed E-state index contributed by atoms with van der Waals surface area (Å²) in [5.74, 6) is -0.290. The molecule has 1 atom stereocenters. The maximum Gasteiger partial charge on any atom is 0.262 e. The van der Waals surface area contributed by atoms with E-state index < -0.39 is 5.54 Å². The summed E-state index contributed by atoms with van der Waals surface area (Å²) in [4.78, 5) is 12.9. The molecule has 1 unspecified atom stereocenters. The SMILES string of the molecule is C=C/C=C(\C=C)c1cccc(C2=C(C#N)C(=O)NC3(CCc4ccccc43)C2)c1. The third-order valence-electron chi connectivity index (χ3n) is 5.89. The first-order valence-electron chi connectivity index (χ1n) is 9.72. The van der Waals surface area contributed by atoms with Crippen LogP contribution in [0.2, 0.25) is 0 Å². The van der Waals surface area contributed by atoms with Crippen LogP contribution < -0.4 is 5.32 Å². The van der Waals surface area contributed by atoms with E-state index in [0.717, 1.165) is 40.7 Å². The quantitative estimate of drug-likeness (QED) is 0.754. The van der Waals surface area contributed by atoms with E-state index in [-0.39, 0.29) is 11.5 Å². The molecule has 3 heteroatoms. The van der Waals surface area contributed by atoms with Gasteiger partial charge in [-0.3, -0.25) is 4.79 Å². The first-order chi connectivity index (χ1) is 14.1. The zero-order valence-corrected chi connectivity index (χ0v) is 16.2. The number of carbonyl (C=O) groups is 1. The second-order valence-electron chi connectivity index (χ2n) is 7.48. The van der Waals surface area contributed by atoms with Crippen molar-refractivity contribution in [3.05, 3.63) is 108 Å². The summed E-state index contributed by atoms with van der Waals surface area (Å²) in [7, 11) is 0. The molecule has 142 valence electrons. The lowest BCUT2D eigenvalue weighted by Gasteiger charge is -2.37. The predicted octanol–water partition coefficient (Wildman–Crippen LogP) is 5.08. The number of allylic oxidation sites excluding steroid dienone is 4. The number of hydrogen-bond acceptors (Lipinski definition) is 2. The Morgan fingerprint density at radius 3 is 2.76 bits per heavy atom. The fourth-order valence-electron chi connectivity index (χ4n) is 4.51. The van der Waals surface area contributed by atoms with Crippen molar-refractivity contribution in [1.29, 1.82) is 5.26 Å². The van der Waals surface area contributed by atoms with Crippen LogP contribution in [0.1, 0.15) is 35.1 Å². The molecule has 29 heavy (non-hydrogen) atoms. The van der Waals surface area contributed by atoms with E-state index in [4.69, 9.17) is 0 Å². The number of aryl methyl sites for hydroxylation is 1. The average Bonchev–Trinajstić information content (AvgIpc) is 3.09. The molecule has 0 saturated carbocycles. The minimum atomic E-state index is -0.447. The molecule has 0 aromatic heterocycles. The highest BCUT2D eigenvalue weighted by atomic mass is 16.2. The first kappa shape index (κ1) is 18.7. The van der Waals surface area contributed by atoms with Crippen molar-refractivity contribution in [2.75, 3.05) is 0 Å². The normalized spacial score (nSPS) is 20.8.